The van der Waals surface area contributed by atoms with Gasteiger partial charge in [-0.15, -0.1) is 0 Å². The number of nitrogens with one attached hydrogen (secondary N) is 1. The fourth-order valence-electron chi connectivity index (χ4n) is 2.68. The number of nitrogens with zero attached hydrogens (tertiary/aromatic N) is 1. The first-order valence-electron chi connectivity index (χ1n) is 6.86. The molecule has 0 bridgehead atoms. The second-order valence-corrected chi connectivity index (χ2v) is 5.49. The monoisotopic (exact) mass is 263 g/mol. The molecule has 0 heterocycles. The van der Waals surface area contributed by atoms with E-state index in [2.05, 4.69) is 12.2 Å². The molecule has 0 radical (unpaired) electrons. The first-order chi connectivity index (χ1) is 9.06. The van der Waals surface area contributed by atoms with Gasteiger partial charge in [-0.2, -0.15) is 0 Å². The maximum absolute atomic E-state index is 10.7. The number of hydrogen-bond donors (Lipinski definition) is 2. The number of nitro benzene ring substituents is 1. The highest BCUT2D eigenvalue weighted by molar-refractivity contribution is 5.66. The molecule has 1 fully saturated rings. The molecule has 0 aromatic heterocycles. The van der Waals surface area contributed by atoms with E-state index >= 15 is 0 Å². The lowest BCUT2D eigenvalue weighted by atomic mass is 10.0. The van der Waals surface area contributed by atoms with Crippen molar-refractivity contribution in [3.63, 3.8) is 0 Å². The van der Waals surface area contributed by atoms with E-state index in [0.717, 1.165) is 24.4 Å². The molecule has 5 heteroatoms. The molecule has 104 valence electrons. The third-order valence-electron chi connectivity index (χ3n) is 3.85. The number of hydrogen-bond acceptors (Lipinski definition) is 4. The summed E-state index contributed by atoms with van der Waals surface area (Å²) in [5.41, 5.74) is 6.77. The molecule has 0 aliphatic heterocycles. The minimum absolute atomic E-state index is 0.0277. The Balaban J connectivity index is 2.03. The average molecular weight is 263 g/mol. The largest absolute Gasteiger partial charge is 0.393 e. The van der Waals surface area contributed by atoms with E-state index in [0.29, 0.717) is 6.04 Å². The molecule has 1 aliphatic rings. The lowest BCUT2D eigenvalue weighted by molar-refractivity contribution is -0.383. The zero-order valence-corrected chi connectivity index (χ0v) is 11.3. The lowest BCUT2D eigenvalue weighted by Crippen LogP contribution is -2.18. The van der Waals surface area contributed by atoms with Gasteiger partial charge >= 0.3 is 0 Å². The molecule has 5 nitrogen and oxygen atoms in total. The number of nitro groups is 1. The van der Waals surface area contributed by atoms with Crippen LogP contribution in [0.3, 0.4) is 0 Å². The predicted octanol–water partition coefficient (Wildman–Crippen LogP) is 3.56. The van der Waals surface area contributed by atoms with Gasteiger partial charge in [0, 0.05) is 17.8 Å². The van der Waals surface area contributed by atoms with Gasteiger partial charge in [-0.05, 0) is 37.3 Å². The van der Waals surface area contributed by atoms with Gasteiger partial charge in [0.15, 0.2) is 0 Å². The van der Waals surface area contributed by atoms with Crippen LogP contribution in [0.15, 0.2) is 18.2 Å². The van der Waals surface area contributed by atoms with Crippen molar-refractivity contribution in [3.05, 3.63) is 28.3 Å². The molecule has 2 unspecified atom stereocenters. The molecule has 2 atom stereocenters. The summed E-state index contributed by atoms with van der Waals surface area (Å²) < 4.78 is 0. The van der Waals surface area contributed by atoms with Crippen LogP contribution in [0, 0.1) is 16.0 Å². The molecular formula is C14H21N3O2. The van der Waals surface area contributed by atoms with E-state index in [1.165, 1.54) is 25.3 Å². The fraction of sp³-hybridized carbons (Fsp3) is 0.571. The number of rotatable bonds is 3. The Hall–Kier alpha value is -1.78. The number of anilines is 2. The Kier molecular flexibility index (Phi) is 4.24. The summed E-state index contributed by atoms with van der Waals surface area (Å²) in [5.74, 6) is 0.800. The zero-order valence-electron chi connectivity index (χ0n) is 11.3. The highest BCUT2D eigenvalue weighted by atomic mass is 16.6. The minimum Gasteiger partial charge on any atom is -0.393 e. The van der Waals surface area contributed by atoms with Crippen LogP contribution in [-0.2, 0) is 0 Å². The molecule has 1 aromatic carbocycles. The van der Waals surface area contributed by atoms with Crippen molar-refractivity contribution >= 4 is 17.1 Å². The molecular weight excluding hydrogens is 242 g/mol. The van der Waals surface area contributed by atoms with E-state index in [-0.39, 0.29) is 11.4 Å². The Morgan fingerprint density at radius 2 is 2.11 bits per heavy atom. The molecule has 0 amide bonds. The molecule has 1 aliphatic carbocycles. The quantitative estimate of drug-likeness (QED) is 0.378. The van der Waals surface area contributed by atoms with Crippen LogP contribution in [-0.4, -0.2) is 11.0 Å². The Morgan fingerprint density at radius 1 is 1.32 bits per heavy atom. The van der Waals surface area contributed by atoms with Crippen LogP contribution in [0.25, 0.3) is 0 Å². The van der Waals surface area contributed by atoms with E-state index in [9.17, 15) is 10.1 Å². The van der Waals surface area contributed by atoms with E-state index < -0.39 is 4.92 Å². The summed E-state index contributed by atoms with van der Waals surface area (Å²) in [4.78, 5) is 10.3. The van der Waals surface area contributed by atoms with E-state index in [1.807, 2.05) is 0 Å². The Labute approximate surface area is 113 Å². The van der Waals surface area contributed by atoms with Gasteiger partial charge in [-0.3, -0.25) is 10.1 Å². The predicted molar refractivity (Wildman–Crippen MR) is 77.2 cm³/mol. The smallest absolute Gasteiger partial charge is 0.292 e. The third-order valence-corrected chi connectivity index (χ3v) is 3.85. The van der Waals surface area contributed by atoms with Crippen molar-refractivity contribution in [1.29, 1.82) is 0 Å². The maximum atomic E-state index is 10.7. The summed E-state index contributed by atoms with van der Waals surface area (Å²) in [6.07, 6.45) is 6.07. The van der Waals surface area contributed by atoms with Gasteiger partial charge < -0.3 is 11.1 Å². The first-order valence-corrected chi connectivity index (χ1v) is 6.86. The van der Waals surface area contributed by atoms with Crippen LogP contribution in [0.4, 0.5) is 17.1 Å². The van der Waals surface area contributed by atoms with Crippen molar-refractivity contribution in [2.24, 2.45) is 5.92 Å². The SMILES string of the molecule is CC1CCCC(Nc2ccc([N+](=O)[O-])c(N)c2)CC1. The van der Waals surface area contributed by atoms with E-state index in [4.69, 9.17) is 5.73 Å². The number of benzene rings is 1. The second kappa shape index (κ2) is 5.91. The number of nitrogens with two attached hydrogens (primary N) is 1. The van der Waals surface area contributed by atoms with Crippen LogP contribution in [0.2, 0.25) is 0 Å². The van der Waals surface area contributed by atoms with Crippen LogP contribution < -0.4 is 11.1 Å². The van der Waals surface area contributed by atoms with Crippen molar-refractivity contribution in [2.45, 2.75) is 45.1 Å². The van der Waals surface area contributed by atoms with Crippen LogP contribution in [0.1, 0.15) is 39.0 Å². The standard InChI is InChI=1S/C14H21N3O2/c1-10-3-2-4-11(6-5-10)16-12-7-8-14(17(18)19)13(15)9-12/h7-11,16H,2-6,15H2,1H3. The molecule has 3 N–H and O–H groups in total. The summed E-state index contributed by atoms with van der Waals surface area (Å²) in [6.45, 7) is 2.30. The topological polar surface area (TPSA) is 81.2 Å². The van der Waals surface area contributed by atoms with Crippen LogP contribution >= 0.6 is 0 Å². The van der Waals surface area contributed by atoms with Gasteiger partial charge in [-0.1, -0.05) is 19.8 Å². The van der Waals surface area contributed by atoms with Crippen LogP contribution in [0.5, 0.6) is 0 Å². The molecule has 0 saturated heterocycles. The maximum Gasteiger partial charge on any atom is 0.292 e. The Morgan fingerprint density at radius 3 is 2.79 bits per heavy atom. The van der Waals surface area contributed by atoms with Crippen molar-refractivity contribution < 1.29 is 4.92 Å². The van der Waals surface area contributed by atoms with Gasteiger partial charge in [0.2, 0.25) is 0 Å². The molecule has 2 rings (SSSR count). The summed E-state index contributed by atoms with van der Waals surface area (Å²) in [7, 11) is 0. The molecule has 1 aromatic rings. The third kappa shape index (κ3) is 3.59. The Bertz CT molecular complexity index is 462. The summed E-state index contributed by atoms with van der Waals surface area (Å²) in [5, 5.41) is 14.2. The minimum atomic E-state index is -0.452. The van der Waals surface area contributed by atoms with E-state index in [1.54, 1.807) is 12.1 Å². The van der Waals surface area contributed by atoms with Gasteiger partial charge in [0.1, 0.15) is 5.69 Å². The highest BCUT2D eigenvalue weighted by Gasteiger charge is 2.17. The van der Waals surface area contributed by atoms with Gasteiger partial charge in [0.05, 0.1) is 4.92 Å². The molecule has 0 spiro atoms. The summed E-state index contributed by atoms with van der Waals surface area (Å²) in [6, 6.07) is 5.32. The lowest BCUT2D eigenvalue weighted by Gasteiger charge is -2.18. The molecule has 1 saturated carbocycles. The zero-order chi connectivity index (χ0) is 13.8. The van der Waals surface area contributed by atoms with Gasteiger partial charge in [-0.25, -0.2) is 0 Å². The first kappa shape index (κ1) is 13.6. The fourth-order valence-corrected chi connectivity index (χ4v) is 2.68. The van der Waals surface area contributed by atoms with Crippen molar-refractivity contribution in [1.82, 2.24) is 0 Å². The van der Waals surface area contributed by atoms with Crippen molar-refractivity contribution in [3.8, 4) is 0 Å². The second-order valence-electron chi connectivity index (χ2n) is 5.49. The molecule has 19 heavy (non-hydrogen) atoms. The normalized spacial score (nSPS) is 23.6. The average Bonchev–Trinajstić information content (AvgIpc) is 2.54. The summed E-state index contributed by atoms with van der Waals surface area (Å²) >= 11 is 0. The number of nitrogen functional groups attached to an aromatic ring is 1. The van der Waals surface area contributed by atoms with Crippen molar-refractivity contribution in [2.75, 3.05) is 11.1 Å². The van der Waals surface area contributed by atoms with Gasteiger partial charge in [0.25, 0.3) is 5.69 Å². The highest BCUT2D eigenvalue weighted by Crippen LogP contribution is 2.28.